The first-order valence-electron chi connectivity index (χ1n) is 6.02. The fourth-order valence-corrected chi connectivity index (χ4v) is 3.14. The monoisotopic (exact) mass is 214 g/mol. The molecule has 16 heavy (non-hydrogen) atoms. The van der Waals surface area contributed by atoms with Gasteiger partial charge in [-0.3, -0.25) is 0 Å². The molecule has 4 rings (SSSR count). The lowest BCUT2D eigenvalue weighted by Crippen LogP contribution is -2.31. The maximum Gasteiger partial charge on any atom is 0.298 e. The molecule has 0 radical (unpaired) electrons. The highest BCUT2D eigenvalue weighted by atomic mass is 16.4. The molecule has 2 heterocycles. The lowest BCUT2D eigenvalue weighted by molar-refractivity contribution is 0.499. The van der Waals surface area contributed by atoms with Gasteiger partial charge in [0.05, 0.1) is 0 Å². The third kappa shape index (κ3) is 1.11. The number of oxazole rings is 1. The highest BCUT2D eigenvalue weighted by Crippen LogP contribution is 2.40. The van der Waals surface area contributed by atoms with Crippen LogP contribution in [0.1, 0.15) is 19.3 Å². The summed E-state index contributed by atoms with van der Waals surface area (Å²) in [6.07, 6.45) is 4.03. The summed E-state index contributed by atoms with van der Waals surface area (Å²) in [4.78, 5) is 6.93. The summed E-state index contributed by atoms with van der Waals surface area (Å²) in [5.74, 6) is 0.875. The molecule has 2 fully saturated rings. The second kappa shape index (κ2) is 3.00. The number of aromatic nitrogens is 1. The minimum Gasteiger partial charge on any atom is -0.423 e. The molecule has 0 amide bonds. The topological polar surface area (TPSA) is 29.3 Å². The molecule has 2 aromatic rings. The predicted molar refractivity (Wildman–Crippen MR) is 62.5 cm³/mol. The van der Waals surface area contributed by atoms with Gasteiger partial charge in [0, 0.05) is 12.6 Å². The summed E-state index contributed by atoms with van der Waals surface area (Å²) < 4.78 is 5.82. The Hall–Kier alpha value is -1.51. The van der Waals surface area contributed by atoms with Crippen molar-refractivity contribution in [3.8, 4) is 0 Å². The quantitative estimate of drug-likeness (QED) is 0.731. The molecule has 1 aliphatic carbocycles. The molecule has 1 saturated heterocycles. The molecular formula is C13H14N2O. The van der Waals surface area contributed by atoms with Gasteiger partial charge in [-0.2, -0.15) is 4.98 Å². The van der Waals surface area contributed by atoms with Gasteiger partial charge in [0.25, 0.3) is 6.01 Å². The van der Waals surface area contributed by atoms with Gasteiger partial charge in [-0.1, -0.05) is 12.1 Å². The zero-order chi connectivity index (χ0) is 10.5. The van der Waals surface area contributed by atoms with Crippen molar-refractivity contribution in [2.45, 2.75) is 25.3 Å². The first-order valence-corrected chi connectivity index (χ1v) is 6.02. The fourth-order valence-electron chi connectivity index (χ4n) is 3.14. The van der Waals surface area contributed by atoms with Crippen molar-refractivity contribution < 1.29 is 4.42 Å². The number of hydrogen-bond acceptors (Lipinski definition) is 3. The van der Waals surface area contributed by atoms with Crippen molar-refractivity contribution in [2.75, 3.05) is 11.4 Å². The van der Waals surface area contributed by atoms with Gasteiger partial charge in [0.2, 0.25) is 0 Å². The fraction of sp³-hybridized carbons (Fsp3) is 0.462. The Bertz CT molecular complexity index is 500. The molecule has 1 aliphatic heterocycles. The maximum atomic E-state index is 5.82. The molecule has 1 saturated carbocycles. The van der Waals surface area contributed by atoms with E-state index in [-0.39, 0.29) is 0 Å². The van der Waals surface area contributed by atoms with Crippen LogP contribution in [-0.4, -0.2) is 17.6 Å². The van der Waals surface area contributed by atoms with Crippen molar-refractivity contribution in [3.63, 3.8) is 0 Å². The van der Waals surface area contributed by atoms with E-state index in [0.717, 1.165) is 29.6 Å². The minimum atomic E-state index is 0.679. The smallest absolute Gasteiger partial charge is 0.298 e. The number of para-hydroxylation sites is 2. The maximum absolute atomic E-state index is 5.82. The van der Waals surface area contributed by atoms with Gasteiger partial charge in [0.15, 0.2) is 5.58 Å². The number of nitrogens with zero attached hydrogens (tertiary/aromatic N) is 2. The van der Waals surface area contributed by atoms with E-state index >= 15 is 0 Å². The van der Waals surface area contributed by atoms with Crippen LogP contribution in [0, 0.1) is 5.92 Å². The van der Waals surface area contributed by atoms with E-state index in [9.17, 15) is 0 Å². The van der Waals surface area contributed by atoms with Crippen LogP contribution >= 0.6 is 0 Å². The second-order valence-electron chi connectivity index (χ2n) is 4.95. The Balaban J connectivity index is 1.76. The summed E-state index contributed by atoms with van der Waals surface area (Å²) >= 11 is 0. The Kier molecular flexibility index (Phi) is 1.62. The molecule has 1 aromatic carbocycles. The van der Waals surface area contributed by atoms with Gasteiger partial charge < -0.3 is 9.32 Å². The van der Waals surface area contributed by atoms with E-state index < -0.39 is 0 Å². The number of benzene rings is 1. The second-order valence-corrected chi connectivity index (χ2v) is 4.95. The van der Waals surface area contributed by atoms with Gasteiger partial charge >= 0.3 is 0 Å². The average Bonchev–Trinajstić information content (AvgIpc) is 3.02. The SMILES string of the molecule is c1ccc2oc(N3CC4CCC3C4)nc2c1. The first kappa shape index (κ1) is 8.62. The van der Waals surface area contributed by atoms with Crippen molar-refractivity contribution in [2.24, 2.45) is 5.92 Å². The molecule has 2 bridgehead atoms. The number of fused-ring (bicyclic) bond motifs is 3. The van der Waals surface area contributed by atoms with Crippen LogP contribution in [0.4, 0.5) is 6.01 Å². The van der Waals surface area contributed by atoms with Crippen LogP contribution in [0.2, 0.25) is 0 Å². The van der Waals surface area contributed by atoms with Crippen molar-refractivity contribution in [1.82, 2.24) is 4.98 Å². The van der Waals surface area contributed by atoms with Crippen LogP contribution in [0.3, 0.4) is 0 Å². The molecule has 2 aliphatic rings. The molecule has 3 nitrogen and oxygen atoms in total. The van der Waals surface area contributed by atoms with E-state index in [1.807, 2.05) is 24.3 Å². The average molecular weight is 214 g/mol. The normalized spacial score (nSPS) is 28.1. The zero-order valence-electron chi connectivity index (χ0n) is 9.10. The number of piperidine rings is 1. The summed E-state index contributed by atoms with van der Waals surface area (Å²) in [5.41, 5.74) is 1.88. The van der Waals surface area contributed by atoms with Crippen molar-refractivity contribution in [1.29, 1.82) is 0 Å². The van der Waals surface area contributed by atoms with Gasteiger partial charge in [-0.25, -0.2) is 0 Å². The molecule has 0 N–H and O–H groups in total. The minimum absolute atomic E-state index is 0.679. The van der Waals surface area contributed by atoms with Crippen molar-refractivity contribution >= 4 is 17.1 Å². The summed E-state index contributed by atoms with van der Waals surface area (Å²) in [6, 6.07) is 9.50. The Morgan fingerprint density at radius 2 is 2.19 bits per heavy atom. The van der Waals surface area contributed by atoms with Gasteiger partial charge in [-0.15, -0.1) is 0 Å². The van der Waals surface area contributed by atoms with Gasteiger partial charge in [0.1, 0.15) is 5.52 Å². The summed E-state index contributed by atoms with van der Waals surface area (Å²) in [7, 11) is 0. The highest BCUT2D eigenvalue weighted by Gasteiger charge is 2.39. The van der Waals surface area contributed by atoms with Crippen LogP contribution < -0.4 is 4.90 Å². The third-order valence-electron chi connectivity index (χ3n) is 3.94. The highest BCUT2D eigenvalue weighted by molar-refractivity contribution is 5.74. The van der Waals surface area contributed by atoms with Crippen LogP contribution in [-0.2, 0) is 0 Å². The summed E-state index contributed by atoms with van der Waals surface area (Å²) in [5, 5.41) is 0. The number of hydrogen-bond donors (Lipinski definition) is 0. The molecule has 1 aromatic heterocycles. The van der Waals surface area contributed by atoms with E-state index in [0.29, 0.717) is 6.04 Å². The van der Waals surface area contributed by atoms with E-state index in [2.05, 4.69) is 9.88 Å². The van der Waals surface area contributed by atoms with Crippen LogP contribution in [0.15, 0.2) is 28.7 Å². The molecule has 82 valence electrons. The van der Waals surface area contributed by atoms with Crippen molar-refractivity contribution in [3.05, 3.63) is 24.3 Å². The van der Waals surface area contributed by atoms with Crippen LogP contribution in [0.25, 0.3) is 11.1 Å². The summed E-state index contributed by atoms with van der Waals surface area (Å²) in [6.45, 7) is 1.14. The molecule has 0 spiro atoms. The first-order chi connectivity index (χ1) is 7.90. The van der Waals surface area contributed by atoms with Crippen LogP contribution in [0.5, 0.6) is 0 Å². The van der Waals surface area contributed by atoms with E-state index in [1.165, 1.54) is 19.3 Å². The van der Waals surface area contributed by atoms with E-state index in [4.69, 9.17) is 4.42 Å². The Morgan fingerprint density at radius 3 is 2.94 bits per heavy atom. The van der Waals surface area contributed by atoms with Gasteiger partial charge in [-0.05, 0) is 37.3 Å². The Morgan fingerprint density at radius 1 is 1.25 bits per heavy atom. The molecule has 2 atom stereocenters. The number of anilines is 1. The third-order valence-corrected chi connectivity index (χ3v) is 3.94. The molecule has 2 unspecified atom stereocenters. The lowest BCUT2D eigenvalue weighted by Gasteiger charge is -2.24. The lowest BCUT2D eigenvalue weighted by atomic mass is 10.1. The predicted octanol–water partition coefficient (Wildman–Crippen LogP) is 2.82. The Labute approximate surface area is 94.1 Å². The standard InChI is InChI=1S/C13H14N2O/c1-2-4-12-11(3-1)14-13(16-12)15-8-9-5-6-10(15)7-9/h1-4,9-10H,5-8H2. The largest absolute Gasteiger partial charge is 0.423 e. The molecule has 3 heteroatoms. The zero-order valence-corrected chi connectivity index (χ0v) is 9.10. The molecular weight excluding hydrogens is 200 g/mol. The number of rotatable bonds is 1. The van der Waals surface area contributed by atoms with E-state index in [1.54, 1.807) is 0 Å².